The highest BCUT2D eigenvalue weighted by Gasteiger charge is 2.43. The lowest BCUT2D eigenvalue weighted by atomic mass is 9.75. The topological polar surface area (TPSA) is 70.7 Å². The van der Waals surface area contributed by atoms with Crippen LogP contribution in [0.3, 0.4) is 0 Å². The molecular weight excluding hydrogens is 294 g/mol. The molecule has 2 N–H and O–H groups in total. The van der Waals surface area contributed by atoms with Crippen LogP contribution in [0.5, 0.6) is 0 Å². The van der Waals surface area contributed by atoms with Gasteiger partial charge in [-0.25, -0.2) is 0 Å². The molecule has 1 aromatic carbocycles. The summed E-state index contributed by atoms with van der Waals surface area (Å²) in [5.41, 5.74) is 0.631. The quantitative estimate of drug-likeness (QED) is 0.813. The van der Waals surface area contributed by atoms with Gasteiger partial charge in [-0.3, -0.25) is 14.5 Å². The molecule has 1 saturated carbocycles. The zero-order chi connectivity index (χ0) is 16.1. The number of rotatable bonds is 4. The summed E-state index contributed by atoms with van der Waals surface area (Å²) in [6.45, 7) is 3.79. The van der Waals surface area contributed by atoms with Crippen molar-refractivity contribution in [2.75, 3.05) is 38.2 Å². The largest absolute Gasteiger partial charge is 0.379 e. The van der Waals surface area contributed by atoms with Crippen molar-refractivity contribution in [1.29, 1.82) is 0 Å². The standard InChI is InChI=1S/C17H23N3O3/c21-15(16(22)19-14-5-2-1-3-6-14)18-13-17(7-4-8-17)20-9-11-23-12-10-20/h1-3,5-6H,4,7-13H2,(H,18,21)(H,19,22). The zero-order valence-corrected chi connectivity index (χ0v) is 13.2. The summed E-state index contributed by atoms with van der Waals surface area (Å²) >= 11 is 0. The van der Waals surface area contributed by atoms with Gasteiger partial charge >= 0.3 is 11.8 Å². The summed E-state index contributed by atoms with van der Waals surface area (Å²) in [6.07, 6.45) is 3.30. The fraction of sp³-hybridized carbons (Fsp3) is 0.529. The predicted molar refractivity (Wildman–Crippen MR) is 87.1 cm³/mol. The SMILES string of the molecule is O=C(NCC1(N2CCOCC2)CCC1)C(=O)Nc1ccccc1. The first-order valence-electron chi connectivity index (χ1n) is 8.17. The lowest BCUT2D eigenvalue weighted by Crippen LogP contribution is -2.63. The Morgan fingerprint density at radius 1 is 1.09 bits per heavy atom. The highest BCUT2D eigenvalue weighted by Crippen LogP contribution is 2.37. The zero-order valence-electron chi connectivity index (χ0n) is 13.2. The second kappa shape index (κ2) is 7.10. The number of para-hydroxylation sites is 1. The van der Waals surface area contributed by atoms with E-state index in [1.807, 2.05) is 18.2 Å². The number of benzene rings is 1. The molecular formula is C17H23N3O3. The van der Waals surface area contributed by atoms with E-state index < -0.39 is 11.8 Å². The summed E-state index contributed by atoms with van der Waals surface area (Å²) in [4.78, 5) is 26.4. The van der Waals surface area contributed by atoms with Gasteiger partial charge in [-0.05, 0) is 31.4 Å². The van der Waals surface area contributed by atoms with E-state index in [4.69, 9.17) is 4.74 Å². The normalized spacial score (nSPS) is 20.3. The highest BCUT2D eigenvalue weighted by atomic mass is 16.5. The molecule has 2 fully saturated rings. The van der Waals surface area contributed by atoms with Gasteiger partial charge in [0.1, 0.15) is 0 Å². The first-order valence-corrected chi connectivity index (χ1v) is 8.17. The van der Waals surface area contributed by atoms with E-state index in [1.165, 1.54) is 6.42 Å². The maximum Gasteiger partial charge on any atom is 0.313 e. The first kappa shape index (κ1) is 16.0. The number of ether oxygens (including phenoxy) is 1. The molecule has 0 atom stereocenters. The number of nitrogens with zero attached hydrogens (tertiary/aromatic N) is 1. The van der Waals surface area contributed by atoms with Crippen molar-refractivity contribution in [1.82, 2.24) is 10.2 Å². The van der Waals surface area contributed by atoms with E-state index in [0.29, 0.717) is 12.2 Å². The number of morpholine rings is 1. The Labute approximate surface area is 136 Å². The molecule has 3 rings (SSSR count). The van der Waals surface area contributed by atoms with E-state index in [-0.39, 0.29) is 5.54 Å². The number of hydrogen-bond acceptors (Lipinski definition) is 4. The number of amides is 2. The first-order chi connectivity index (χ1) is 11.2. The molecule has 1 aliphatic carbocycles. The molecule has 1 aliphatic heterocycles. The number of nitrogens with one attached hydrogen (secondary N) is 2. The van der Waals surface area contributed by atoms with Crippen LogP contribution in [0.4, 0.5) is 5.69 Å². The minimum Gasteiger partial charge on any atom is -0.379 e. The van der Waals surface area contributed by atoms with Crippen molar-refractivity contribution >= 4 is 17.5 Å². The number of anilines is 1. The third kappa shape index (κ3) is 3.71. The van der Waals surface area contributed by atoms with Crippen molar-refractivity contribution in [2.24, 2.45) is 0 Å². The van der Waals surface area contributed by atoms with Gasteiger partial charge in [0.15, 0.2) is 0 Å². The van der Waals surface area contributed by atoms with Crippen LogP contribution in [0.1, 0.15) is 19.3 Å². The van der Waals surface area contributed by atoms with Gasteiger partial charge in [-0.1, -0.05) is 18.2 Å². The van der Waals surface area contributed by atoms with Crippen LogP contribution in [0.2, 0.25) is 0 Å². The van der Waals surface area contributed by atoms with Crippen molar-refractivity contribution in [3.8, 4) is 0 Å². The van der Waals surface area contributed by atoms with Crippen molar-refractivity contribution in [3.63, 3.8) is 0 Å². The molecule has 0 spiro atoms. The van der Waals surface area contributed by atoms with Crippen molar-refractivity contribution < 1.29 is 14.3 Å². The van der Waals surface area contributed by atoms with E-state index in [0.717, 1.165) is 39.1 Å². The van der Waals surface area contributed by atoms with Crippen LogP contribution in [0.25, 0.3) is 0 Å². The summed E-state index contributed by atoms with van der Waals surface area (Å²) in [6, 6.07) is 9.00. The molecule has 1 heterocycles. The molecule has 124 valence electrons. The van der Waals surface area contributed by atoms with Crippen LogP contribution in [-0.2, 0) is 14.3 Å². The molecule has 6 nitrogen and oxygen atoms in total. The van der Waals surface area contributed by atoms with Gasteiger partial charge in [-0.15, -0.1) is 0 Å². The number of carbonyl (C=O) groups is 2. The van der Waals surface area contributed by atoms with E-state index in [9.17, 15) is 9.59 Å². The Kier molecular flexibility index (Phi) is 4.93. The Morgan fingerprint density at radius 2 is 1.78 bits per heavy atom. The molecule has 0 unspecified atom stereocenters. The molecule has 1 saturated heterocycles. The summed E-state index contributed by atoms with van der Waals surface area (Å²) in [7, 11) is 0. The average molecular weight is 317 g/mol. The molecule has 23 heavy (non-hydrogen) atoms. The van der Waals surface area contributed by atoms with Gasteiger partial charge in [0, 0.05) is 30.9 Å². The minimum absolute atomic E-state index is 0.00642. The third-order valence-corrected chi connectivity index (χ3v) is 4.78. The van der Waals surface area contributed by atoms with Crippen LogP contribution < -0.4 is 10.6 Å². The van der Waals surface area contributed by atoms with Gasteiger partial charge < -0.3 is 15.4 Å². The van der Waals surface area contributed by atoms with E-state index >= 15 is 0 Å². The summed E-state index contributed by atoms with van der Waals surface area (Å²) in [5.74, 6) is -1.19. The monoisotopic (exact) mass is 317 g/mol. The molecule has 2 aliphatic rings. The van der Waals surface area contributed by atoms with Gasteiger partial charge in [-0.2, -0.15) is 0 Å². The maximum absolute atomic E-state index is 12.1. The molecule has 0 radical (unpaired) electrons. The Morgan fingerprint density at radius 3 is 2.39 bits per heavy atom. The lowest BCUT2D eigenvalue weighted by molar-refractivity contribution is -0.137. The van der Waals surface area contributed by atoms with Crippen LogP contribution in [0.15, 0.2) is 30.3 Å². The van der Waals surface area contributed by atoms with Gasteiger partial charge in [0.2, 0.25) is 0 Å². The molecule has 0 bridgehead atoms. The predicted octanol–water partition coefficient (Wildman–Crippen LogP) is 0.996. The fourth-order valence-electron chi connectivity index (χ4n) is 3.26. The second-order valence-electron chi connectivity index (χ2n) is 6.18. The fourth-order valence-corrected chi connectivity index (χ4v) is 3.26. The Hall–Kier alpha value is -1.92. The summed E-state index contributed by atoms with van der Waals surface area (Å²) < 4.78 is 5.40. The van der Waals surface area contributed by atoms with E-state index in [2.05, 4.69) is 15.5 Å². The average Bonchev–Trinajstić information content (AvgIpc) is 2.55. The van der Waals surface area contributed by atoms with Crippen LogP contribution in [0, 0.1) is 0 Å². The molecule has 6 heteroatoms. The Balaban J connectivity index is 1.52. The maximum atomic E-state index is 12.1. The molecule has 1 aromatic rings. The van der Waals surface area contributed by atoms with Gasteiger partial charge in [0.05, 0.1) is 13.2 Å². The Bertz CT molecular complexity index is 551. The third-order valence-electron chi connectivity index (χ3n) is 4.78. The van der Waals surface area contributed by atoms with E-state index in [1.54, 1.807) is 12.1 Å². The summed E-state index contributed by atoms with van der Waals surface area (Å²) in [5, 5.41) is 5.42. The smallest absolute Gasteiger partial charge is 0.313 e. The second-order valence-corrected chi connectivity index (χ2v) is 6.18. The number of carbonyl (C=O) groups excluding carboxylic acids is 2. The van der Waals surface area contributed by atoms with Gasteiger partial charge in [0.25, 0.3) is 0 Å². The highest BCUT2D eigenvalue weighted by molar-refractivity contribution is 6.39. The minimum atomic E-state index is -0.618. The van der Waals surface area contributed by atoms with Crippen molar-refractivity contribution in [3.05, 3.63) is 30.3 Å². The van der Waals surface area contributed by atoms with Crippen molar-refractivity contribution in [2.45, 2.75) is 24.8 Å². The molecule has 2 amide bonds. The lowest BCUT2D eigenvalue weighted by Gasteiger charge is -2.51. The molecule has 0 aromatic heterocycles. The van der Waals surface area contributed by atoms with Crippen LogP contribution >= 0.6 is 0 Å². The number of hydrogen-bond donors (Lipinski definition) is 2. The van der Waals surface area contributed by atoms with Crippen LogP contribution in [-0.4, -0.2) is 55.1 Å².